The van der Waals surface area contributed by atoms with E-state index >= 15 is 0 Å². The minimum Gasteiger partial charge on any atom is -0.330 e. The zero-order valence-electron chi connectivity index (χ0n) is 9.86. The number of hydrogen-bond donors (Lipinski definition) is 1. The molecule has 1 saturated heterocycles. The summed E-state index contributed by atoms with van der Waals surface area (Å²) >= 11 is 1.43. The third-order valence-electron chi connectivity index (χ3n) is 3.00. The molecule has 1 fully saturated rings. The molecule has 0 bridgehead atoms. The summed E-state index contributed by atoms with van der Waals surface area (Å²) in [4.78, 5) is 19.3. The highest BCUT2D eigenvalue weighted by Gasteiger charge is 2.30. The molecule has 2 rings (SSSR count). The summed E-state index contributed by atoms with van der Waals surface area (Å²) in [7, 11) is 0. The second kappa shape index (κ2) is 4.51. The van der Waals surface area contributed by atoms with Crippen LogP contribution in [0.2, 0.25) is 0 Å². The number of rotatable bonds is 1. The van der Waals surface area contributed by atoms with Crippen molar-refractivity contribution < 1.29 is 4.79 Å². The van der Waals surface area contributed by atoms with Crippen LogP contribution < -0.4 is 5.32 Å². The lowest BCUT2D eigenvalue weighted by atomic mass is 10.1. The lowest BCUT2D eigenvalue weighted by Crippen LogP contribution is -2.57. The van der Waals surface area contributed by atoms with Crippen LogP contribution in [-0.2, 0) is 0 Å². The molecule has 1 aliphatic heterocycles. The Morgan fingerprint density at radius 1 is 1.50 bits per heavy atom. The summed E-state index contributed by atoms with van der Waals surface area (Å²) in [6, 6.07) is 0.496. The Morgan fingerprint density at radius 3 is 2.62 bits per heavy atom. The van der Waals surface area contributed by atoms with Crippen LogP contribution in [-0.4, -0.2) is 41.0 Å². The monoisotopic (exact) mass is 239 g/mol. The van der Waals surface area contributed by atoms with Gasteiger partial charge in [0.1, 0.15) is 4.88 Å². The molecule has 1 aliphatic rings. The fourth-order valence-electron chi connectivity index (χ4n) is 2.16. The van der Waals surface area contributed by atoms with Crippen molar-refractivity contribution in [3.05, 3.63) is 16.1 Å². The Balaban J connectivity index is 2.23. The maximum absolute atomic E-state index is 12.4. The highest BCUT2D eigenvalue weighted by Crippen LogP contribution is 2.19. The maximum atomic E-state index is 12.4. The van der Waals surface area contributed by atoms with Gasteiger partial charge >= 0.3 is 0 Å². The molecule has 5 heteroatoms. The van der Waals surface area contributed by atoms with Crippen molar-refractivity contribution in [2.75, 3.05) is 13.1 Å². The smallest absolute Gasteiger partial charge is 0.266 e. The van der Waals surface area contributed by atoms with E-state index in [0.717, 1.165) is 23.7 Å². The van der Waals surface area contributed by atoms with E-state index in [9.17, 15) is 4.79 Å². The molecule has 1 aromatic heterocycles. The molecule has 16 heavy (non-hydrogen) atoms. The maximum Gasteiger partial charge on any atom is 0.266 e. The summed E-state index contributed by atoms with van der Waals surface area (Å²) < 4.78 is 0. The van der Waals surface area contributed by atoms with Crippen molar-refractivity contribution >= 4 is 17.2 Å². The lowest BCUT2D eigenvalue weighted by molar-refractivity contribution is 0.0548. The van der Waals surface area contributed by atoms with Gasteiger partial charge in [-0.3, -0.25) is 4.79 Å². The lowest BCUT2D eigenvalue weighted by Gasteiger charge is -2.39. The molecule has 1 N–H and O–H groups in total. The second-order valence-electron chi connectivity index (χ2n) is 4.34. The zero-order chi connectivity index (χ0) is 11.7. The Labute approximate surface area is 99.7 Å². The minimum absolute atomic E-state index is 0.126. The molecular formula is C11H17N3OS. The van der Waals surface area contributed by atoms with E-state index in [4.69, 9.17) is 0 Å². The average Bonchev–Trinajstić information content (AvgIpc) is 2.64. The summed E-state index contributed by atoms with van der Waals surface area (Å²) in [6.07, 6.45) is 0. The molecule has 2 heterocycles. The standard InChI is InChI=1S/C11H17N3OS/c1-7-4-12-5-8(2)14(7)11(15)10-9(3)13-6-16-10/h6-8,12H,4-5H2,1-3H3. The molecule has 0 radical (unpaired) electrons. The summed E-state index contributed by atoms with van der Waals surface area (Å²) in [6.45, 7) is 7.79. The van der Waals surface area contributed by atoms with Crippen LogP contribution in [0.4, 0.5) is 0 Å². The first-order valence-corrected chi connectivity index (χ1v) is 6.42. The van der Waals surface area contributed by atoms with E-state index in [2.05, 4.69) is 24.1 Å². The van der Waals surface area contributed by atoms with Crippen molar-refractivity contribution in [3.63, 3.8) is 0 Å². The Kier molecular flexibility index (Phi) is 3.25. The summed E-state index contributed by atoms with van der Waals surface area (Å²) in [5.74, 6) is 0.126. The largest absolute Gasteiger partial charge is 0.330 e. The molecule has 0 aliphatic carbocycles. The Bertz CT molecular complexity index is 380. The average molecular weight is 239 g/mol. The quantitative estimate of drug-likeness (QED) is 0.803. The predicted octanol–water partition coefficient (Wildman–Crippen LogP) is 1.27. The fourth-order valence-corrected chi connectivity index (χ4v) is 2.90. The number of carbonyl (C=O) groups excluding carboxylic acids is 1. The van der Waals surface area contributed by atoms with Crippen LogP contribution in [0, 0.1) is 6.92 Å². The van der Waals surface area contributed by atoms with Crippen molar-refractivity contribution in [2.45, 2.75) is 32.9 Å². The fraction of sp³-hybridized carbons (Fsp3) is 0.636. The van der Waals surface area contributed by atoms with Gasteiger partial charge in [-0.15, -0.1) is 11.3 Å². The molecule has 88 valence electrons. The van der Waals surface area contributed by atoms with Gasteiger partial charge in [-0.1, -0.05) is 0 Å². The topological polar surface area (TPSA) is 45.2 Å². The Hall–Kier alpha value is -0.940. The van der Waals surface area contributed by atoms with Gasteiger partial charge < -0.3 is 10.2 Å². The number of nitrogens with zero attached hydrogens (tertiary/aromatic N) is 2. The minimum atomic E-state index is 0.126. The van der Waals surface area contributed by atoms with E-state index in [1.807, 2.05) is 11.8 Å². The van der Waals surface area contributed by atoms with Gasteiger partial charge in [-0.05, 0) is 20.8 Å². The third kappa shape index (κ3) is 1.97. The van der Waals surface area contributed by atoms with Crippen molar-refractivity contribution in [2.24, 2.45) is 0 Å². The number of piperazine rings is 1. The molecule has 4 nitrogen and oxygen atoms in total. The van der Waals surface area contributed by atoms with Crippen molar-refractivity contribution in [1.82, 2.24) is 15.2 Å². The SMILES string of the molecule is Cc1ncsc1C(=O)N1C(C)CNCC1C. The van der Waals surface area contributed by atoms with E-state index in [0.29, 0.717) is 0 Å². The van der Waals surface area contributed by atoms with E-state index < -0.39 is 0 Å². The van der Waals surface area contributed by atoms with Gasteiger partial charge in [0.05, 0.1) is 11.2 Å². The molecule has 0 spiro atoms. The number of nitrogens with one attached hydrogen (secondary N) is 1. The highest BCUT2D eigenvalue weighted by atomic mass is 32.1. The number of amides is 1. The molecule has 2 atom stereocenters. The van der Waals surface area contributed by atoms with Gasteiger partial charge in [-0.25, -0.2) is 4.98 Å². The number of carbonyl (C=O) groups is 1. The van der Waals surface area contributed by atoms with E-state index in [-0.39, 0.29) is 18.0 Å². The zero-order valence-corrected chi connectivity index (χ0v) is 10.7. The Morgan fingerprint density at radius 2 is 2.12 bits per heavy atom. The molecule has 1 aromatic rings. The summed E-state index contributed by atoms with van der Waals surface area (Å²) in [5.41, 5.74) is 2.58. The van der Waals surface area contributed by atoms with Gasteiger partial charge in [0, 0.05) is 25.2 Å². The van der Waals surface area contributed by atoms with Crippen LogP contribution in [0.15, 0.2) is 5.51 Å². The molecule has 2 unspecified atom stereocenters. The van der Waals surface area contributed by atoms with Gasteiger partial charge in [0.15, 0.2) is 0 Å². The van der Waals surface area contributed by atoms with E-state index in [1.165, 1.54) is 11.3 Å². The van der Waals surface area contributed by atoms with Crippen LogP contribution in [0.5, 0.6) is 0 Å². The molecular weight excluding hydrogens is 222 g/mol. The van der Waals surface area contributed by atoms with E-state index in [1.54, 1.807) is 5.51 Å². The second-order valence-corrected chi connectivity index (χ2v) is 5.19. The van der Waals surface area contributed by atoms with Crippen LogP contribution in [0.25, 0.3) is 0 Å². The van der Waals surface area contributed by atoms with Crippen LogP contribution in [0.3, 0.4) is 0 Å². The molecule has 1 amide bonds. The van der Waals surface area contributed by atoms with Gasteiger partial charge in [0.25, 0.3) is 5.91 Å². The van der Waals surface area contributed by atoms with Crippen molar-refractivity contribution in [3.8, 4) is 0 Å². The number of thiazole rings is 1. The third-order valence-corrected chi connectivity index (χ3v) is 3.92. The normalized spacial score (nSPS) is 25.8. The van der Waals surface area contributed by atoms with Crippen molar-refractivity contribution in [1.29, 1.82) is 0 Å². The van der Waals surface area contributed by atoms with Gasteiger partial charge in [-0.2, -0.15) is 0 Å². The first kappa shape index (κ1) is 11.5. The van der Waals surface area contributed by atoms with Crippen LogP contribution >= 0.6 is 11.3 Å². The number of hydrogen-bond acceptors (Lipinski definition) is 4. The molecule has 0 saturated carbocycles. The first-order valence-electron chi connectivity index (χ1n) is 5.54. The molecule has 0 aromatic carbocycles. The van der Waals surface area contributed by atoms with Gasteiger partial charge in [0.2, 0.25) is 0 Å². The van der Waals surface area contributed by atoms with Crippen LogP contribution in [0.1, 0.15) is 29.2 Å². The first-order chi connectivity index (χ1) is 7.61. The number of aryl methyl sites for hydroxylation is 1. The summed E-state index contributed by atoms with van der Waals surface area (Å²) in [5, 5.41) is 3.32. The number of aromatic nitrogens is 1. The highest BCUT2D eigenvalue weighted by molar-refractivity contribution is 7.11. The predicted molar refractivity (Wildman–Crippen MR) is 64.8 cm³/mol.